The molecule has 4 aliphatic carbocycles. The van der Waals surface area contributed by atoms with Crippen molar-refractivity contribution in [2.75, 3.05) is 7.11 Å². The highest BCUT2D eigenvalue weighted by Crippen LogP contribution is 2.64. The van der Waals surface area contributed by atoms with Crippen LogP contribution >= 0.6 is 0 Å². The second kappa shape index (κ2) is 5.60. The van der Waals surface area contributed by atoms with E-state index in [1.54, 1.807) is 25.2 Å². The summed E-state index contributed by atoms with van der Waals surface area (Å²) in [7, 11) is 1.78. The smallest absolute Gasteiger partial charge is 0.0959 e. The molecule has 4 rings (SSSR count). The van der Waals surface area contributed by atoms with Crippen LogP contribution in [-0.2, 0) is 4.74 Å². The van der Waals surface area contributed by atoms with Crippen LogP contribution in [0.1, 0.15) is 65.2 Å². The molecule has 0 bridgehead atoms. The molecular weight excluding hydrogens is 300 g/mol. The average molecular weight is 332 g/mol. The summed E-state index contributed by atoms with van der Waals surface area (Å²) in [5.74, 6) is 3.07. The van der Waals surface area contributed by atoms with Gasteiger partial charge in [0.05, 0.1) is 24.6 Å². The van der Waals surface area contributed by atoms with E-state index in [4.69, 9.17) is 4.74 Å². The maximum absolute atomic E-state index is 11.2. The molecule has 0 spiro atoms. The first-order chi connectivity index (χ1) is 11.4. The number of methoxy groups -OCH3 is 1. The zero-order valence-corrected chi connectivity index (χ0v) is 15.3. The highest BCUT2D eigenvalue weighted by molar-refractivity contribution is 5.33. The van der Waals surface area contributed by atoms with Crippen molar-refractivity contribution in [1.29, 1.82) is 0 Å². The normalized spacial score (nSPS) is 45.9. The Bertz CT molecular complexity index is 590. The predicted octanol–water partition coefficient (Wildman–Crippen LogP) is 3.96. The number of rotatable bonds is 2. The molecule has 2 N–H and O–H groups in total. The second-order valence-corrected chi connectivity index (χ2v) is 8.89. The van der Waals surface area contributed by atoms with E-state index in [0.29, 0.717) is 17.8 Å². The monoisotopic (exact) mass is 332 g/mol. The van der Waals surface area contributed by atoms with E-state index in [9.17, 15) is 10.2 Å². The molecule has 2 fully saturated rings. The first kappa shape index (κ1) is 16.7. The first-order valence-corrected chi connectivity index (χ1v) is 9.75. The molecule has 0 aliphatic heterocycles. The van der Waals surface area contributed by atoms with Gasteiger partial charge in [0, 0.05) is 11.8 Å². The van der Waals surface area contributed by atoms with Crippen molar-refractivity contribution in [2.45, 2.75) is 76.9 Å². The lowest BCUT2D eigenvalue weighted by molar-refractivity contribution is -0.161. The second-order valence-electron chi connectivity index (χ2n) is 8.89. The number of hydrogen-bond acceptors (Lipinski definition) is 3. The standard InChI is InChI=1S/C21H32O3/c1-13(22)21(23)11-9-19-18-6-4-14-12-15(24-3)5-7-16(14)17(18)8-10-20(19,21)2/h5,13,17-19,22-23H,4,6-12H2,1-3H3/t13?,17-,18-,19+,20+,21+/m1/s1. The Morgan fingerprint density at radius 2 is 2.04 bits per heavy atom. The minimum Gasteiger partial charge on any atom is -0.501 e. The van der Waals surface area contributed by atoms with Crippen LogP contribution in [0.2, 0.25) is 0 Å². The molecule has 3 heteroatoms. The number of allylic oxidation sites excluding steroid dienone is 3. The molecule has 0 aromatic carbocycles. The van der Waals surface area contributed by atoms with E-state index in [1.807, 2.05) is 0 Å². The van der Waals surface area contributed by atoms with Crippen molar-refractivity contribution in [3.8, 4) is 0 Å². The van der Waals surface area contributed by atoms with Gasteiger partial charge in [0.1, 0.15) is 0 Å². The van der Waals surface area contributed by atoms with Gasteiger partial charge >= 0.3 is 0 Å². The van der Waals surface area contributed by atoms with Crippen LogP contribution in [0.5, 0.6) is 0 Å². The van der Waals surface area contributed by atoms with Crippen LogP contribution in [0.3, 0.4) is 0 Å². The van der Waals surface area contributed by atoms with Crippen molar-refractivity contribution < 1.29 is 14.9 Å². The SMILES string of the molecule is COC1=CCC2=C(CC[C@@H]3[C@@H]2CC[C@@]2(C)[C@H]3CC[C@]2(O)C(C)O)C1. The van der Waals surface area contributed by atoms with Crippen molar-refractivity contribution in [3.63, 3.8) is 0 Å². The van der Waals surface area contributed by atoms with Crippen LogP contribution in [0, 0.1) is 23.2 Å². The van der Waals surface area contributed by atoms with Gasteiger partial charge in [0.25, 0.3) is 0 Å². The van der Waals surface area contributed by atoms with Crippen molar-refractivity contribution in [3.05, 3.63) is 23.0 Å². The molecule has 1 unspecified atom stereocenters. The van der Waals surface area contributed by atoms with Crippen LogP contribution in [0.4, 0.5) is 0 Å². The van der Waals surface area contributed by atoms with Crippen LogP contribution in [0.15, 0.2) is 23.0 Å². The van der Waals surface area contributed by atoms with Crippen LogP contribution < -0.4 is 0 Å². The zero-order valence-electron chi connectivity index (χ0n) is 15.3. The Labute approximate surface area is 145 Å². The lowest BCUT2D eigenvalue weighted by Gasteiger charge is -2.54. The Morgan fingerprint density at radius 1 is 1.25 bits per heavy atom. The number of ether oxygens (including phenoxy) is 1. The Hall–Kier alpha value is -0.800. The molecule has 6 atom stereocenters. The fraction of sp³-hybridized carbons (Fsp3) is 0.810. The molecule has 24 heavy (non-hydrogen) atoms. The molecule has 4 aliphatic rings. The summed E-state index contributed by atoms with van der Waals surface area (Å²) in [5.41, 5.74) is 2.29. The lowest BCUT2D eigenvalue weighted by atomic mass is 9.52. The van der Waals surface area contributed by atoms with E-state index in [-0.39, 0.29) is 5.41 Å². The minimum atomic E-state index is -0.896. The Balaban J connectivity index is 1.62. The first-order valence-electron chi connectivity index (χ1n) is 9.75. The third kappa shape index (κ3) is 2.10. The highest BCUT2D eigenvalue weighted by Gasteiger charge is 2.63. The molecular formula is C21H32O3. The van der Waals surface area contributed by atoms with Gasteiger partial charge in [0.15, 0.2) is 0 Å². The minimum absolute atomic E-state index is 0.122. The Morgan fingerprint density at radius 3 is 2.75 bits per heavy atom. The molecule has 0 amide bonds. The predicted molar refractivity (Wildman–Crippen MR) is 94.3 cm³/mol. The largest absolute Gasteiger partial charge is 0.501 e. The molecule has 0 radical (unpaired) electrons. The fourth-order valence-electron chi connectivity index (χ4n) is 6.78. The molecule has 3 nitrogen and oxygen atoms in total. The van der Waals surface area contributed by atoms with Gasteiger partial charge in [-0.1, -0.05) is 18.1 Å². The topological polar surface area (TPSA) is 49.7 Å². The summed E-state index contributed by atoms with van der Waals surface area (Å²) in [6, 6.07) is 0. The van der Waals surface area contributed by atoms with Gasteiger partial charge in [-0.2, -0.15) is 0 Å². The summed E-state index contributed by atoms with van der Waals surface area (Å²) in [6.45, 7) is 4.03. The molecule has 0 saturated heterocycles. The number of aliphatic hydroxyl groups excluding tert-OH is 1. The quantitative estimate of drug-likeness (QED) is 0.753. The van der Waals surface area contributed by atoms with E-state index < -0.39 is 11.7 Å². The van der Waals surface area contributed by atoms with E-state index >= 15 is 0 Å². The molecule has 134 valence electrons. The van der Waals surface area contributed by atoms with Gasteiger partial charge in [-0.3, -0.25) is 0 Å². The maximum Gasteiger partial charge on any atom is 0.0959 e. The van der Waals surface area contributed by atoms with Crippen molar-refractivity contribution in [1.82, 2.24) is 0 Å². The van der Waals surface area contributed by atoms with E-state index in [1.165, 1.54) is 19.3 Å². The van der Waals surface area contributed by atoms with Gasteiger partial charge in [-0.25, -0.2) is 0 Å². The average Bonchev–Trinajstić information content (AvgIpc) is 2.87. The number of aliphatic hydroxyl groups is 2. The third-order valence-corrected chi connectivity index (χ3v) is 8.22. The van der Waals surface area contributed by atoms with Crippen LogP contribution in [-0.4, -0.2) is 29.0 Å². The van der Waals surface area contributed by atoms with E-state index in [2.05, 4.69) is 13.0 Å². The molecule has 0 heterocycles. The summed E-state index contributed by atoms with van der Waals surface area (Å²) < 4.78 is 5.48. The maximum atomic E-state index is 11.2. The Kier molecular flexibility index (Phi) is 3.89. The van der Waals surface area contributed by atoms with Gasteiger partial charge < -0.3 is 14.9 Å². The molecule has 0 aromatic heterocycles. The lowest BCUT2D eigenvalue weighted by Crippen LogP contribution is -2.56. The van der Waals surface area contributed by atoms with Gasteiger partial charge in [-0.15, -0.1) is 0 Å². The van der Waals surface area contributed by atoms with Gasteiger partial charge in [-0.05, 0) is 75.7 Å². The van der Waals surface area contributed by atoms with E-state index in [0.717, 1.165) is 37.9 Å². The highest BCUT2D eigenvalue weighted by atomic mass is 16.5. The van der Waals surface area contributed by atoms with Crippen molar-refractivity contribution in [2.24, 2.45) is 23.2 Å². The fourth-order valence-corrected chi connectivity index (χ4v) is 6.78. The summed E-state index contributed by atoms with van der Waals surface area (Å²) in [5, 5.41) is 21.5. The molecule has 0 aromatic rings. The number of fused-ring (bicyclic) bond motifs is 4. The summed E-state index contributed by atoms with van der Waals surface area (Å²) in [4.78, 5) is 0. The summed E-state index contributed by atoms with van der Waals surface area (Å²) in [6.07, 6.45) is 10.2. The van der Waals surface area contributed by atoms with Gasteiger partial charge in [0.2, 0.25) is 0 Å². The van der Waals surface area contributed by atoms with Crippen LogP contribution in [0.25, 0.3) is 0 Å². The third-order valence-electron chi connectivity index (χ3n) is 8.22. The summed E-state index contributed by atoms with van der Waals surface area (Å²) >= 11 is 0. The molecule has 2 saturated carbocycles. The number of hydrogen-bond donors (Lipinski definition) is 2. The van der Waals surface area contributed by atoms with Crippen molar-refractivity contribution >= 4 is 0 Å². The zero-order chi connectivity index (χ0) is 17.1.